The maximum Gasteiger partial charge on any atom is 0.251 e. The second-order valence-electron chi connectivity index (χ2n) is 5.09. The van der Waals surface area contributed by atoms with Crippen molar-refractivity contribution in [1.82, 2.24) is 5.32 Å². The van der Waals surface area contributed by atoms with E-state index in [-0.39, 0.29) is 18.1 Å². The molecule has 1 aliphatic heterocycles. The summed E-state index contributed by atoms with van der Waals surface area (Å²) in [5, 5.41) is 12.5. The summed E-state index contributed by atoms with van der Waals surface area (Å²) < 4.78 is 5.40. The molecule has 1 heterocycles. The topological polar surface area (TPSA) is 58.6 Å². The maximum absolute atomic E-state index is 12.2. The van der Waals surface area contributed by atoms with Crippen LogP contribution in [0.3, 0.4) is 0 Å². The molecule has 0 spiro atoms. The van der Waals surface area contributed by atoms with Crippen molar-refractivity contribution in [3.05, 3.63) is 11.3 Å². The molecule has 0 aromatic carbocycles. The van der Waals surface area contributed by atoms with Crippen LogP contribution in [-0.2, 0) is 9.53 Å². The first-order valence-electron chi connectivity index (χ1n) is 6.43. The number of amides is 1. The third kappa shape index (κ3) is 2.63. The van der Waals surface area contributed by atoms with E-state index in [1.807, 2.05) is 6.92 Å². The van der Waals surface area contributed by atoms with Gasteiger partial charge in [-0.3, -0.25) is 4.79 Å². The molecule has 0 atom stereocenters. The fourth-order valence-electron chi connectivity index (χ4n) is 2.70. The molecule has 1 saturated carbocycles. The number of nitrogens with one attached hydrogen (secondary N) is 1. The molecule has 0 aromatic rings. The molecule has 17 heavy (non-hydrogen) atoms. The highest BCUT2D eigenvalue weighted by Gasteiger charge is 2.35. The van der Waals surface area contributed by atoms with Gasteiger partial charge >= 0.3 is 0 Å². The van der Waals surface area contributed by atoms with Crippen molar-refractivity contribution in [2.24, 2.45) is 0 Å². The molecule has 0 radical (unpaired) electrons. The Hall–Kier alpha value is -1.03. The Morgan fingerprint density at radius 3 is 2.71 bits per heavy atom. The van der Waals surface area contributed by atoms with Gasteiger partial charge in [-0.2, -0.15) is 0 Å². The molecule has 0 saturated heterocycles. The second kappa shape index (κ2) is 5.08. The lowest BCUT2D eigenvalue weighted by Crippen LogP contribution is -2.50. The van der Waals surface area contributed by atoms with Crippen LogP contribution in [0.4, 0.5) is 0 Å². The molecule has 1 fully saturated rings. The summed E-state index contributed by atoms with van der Waals surface area (Å²) in [5.74, 6) is 0.679. The Labute approximate surface area is 102 Å². The Morgan fingerprint density at radius 2 is 2.12 bits per heavy atom. The van der Waals surface area contributed by atoms with Crippen LogP contribution in [0.15, 0.2) is 11.3 Å². The Morgan fingerprint density at radius 1 is 1.41 bits per heavy atom. The van der Waals surface area contributed by atoms with Crippen LogP contribution >= 0.6 is 0 Å². The van der Waals surface area contributed by atoms with Gasteiger partial charge in [0.2, 0.25) is 0 Å². The fraction of sp³-hybridized carbons (Fsp3) is 0.769. The Bertz CT molecular complexity index is 330. The predicted molar refractivity (Wildman–Crippen MR) is 64.3 cm³/mol. The number of aliphatic hydroxyl groups excluding tert-OH is 1. The number of ether oxygens (including phenoxy) is 1. The molecule has 2 aliphatic rings. The minimum Gasteiger partial charge on any atom is -0.498 e. The van der Waals surface area contributed by atoms with Crippen molar-refractivity contribution in [3.63, 3.8) is 0 Å². The zero-order valence-electron chi connectivity index (χ0n) is 10.4. The van der Waals surface area contributed by atoms with E-state index in [2.05, 4.69) is 5.32 Å². The van der Waals surface area contributed by atoms with Gasteiger partial charge in [0.05, 0.1) is 24.3 Å². The Balaban J connectivity index is 2.05. The largest absolute Gasteiger partial charge is 0.498 e. The average molecular weight is 239 g/mol. The lowest BCUT2D eigenvalue weighted by atomic mass is 9.97. The van der Waals surface area contributed by atoms with Gasteiger partial charge in [0.25, 0.3) is 5.91 Å². The highest BCUT2D eigenvalue weighted by Crippen LogP contribution is 2.30. The third-order valence-corrected chi connectivity index (χ3v) is 3.83. The quantitative estimate of drug-likeness (QED) is 0.784. The second-order valence-corrected chi connectivity index (χ2v) is 5.09. The van der Waals surface area contributed by atoms with Crippen LogP contribution in [0.2, 0.25) is 0 Å². The number of carbonyl (C=O) groups is 1. The van der Waals surface area contributed by atoms with Gasteiger partial charge in [-0.25, -0.2) is 0 Å². The van der Waals surface area contributed by atoms with Crippen molar-refractivity contribution in [2.75, 3.05) is 13.2 Å². The first kappa shape index (κ1) is 12.4. The van der Waals surface area contributed by atoms with Crippen molar-refractivity contribution < 1.29 is 14.6 Å². The van der Waals surface area contributed by atoms with Gasteiger partial charge in [0.15, 0.2) is 0 Å². The van der Waals surface area contributed by atoms with E-state index in [4.69, 9.17) is 4.74 Å². The van der Waals surface area contributed by atoms with E-state index in [0.717, 1.165) is 49.9 Å². The molecule has 0 aromatic heterocycles. The van der Waals surface area contributed by atoms with Crippen LogP contribution < -0.4 is 5.32 Å². The first-order chi connectivity index (χ1) is 8.17. The van der Waals surface area contributed by atoms with Crippen LogP contribution in [0.5, 0.6) is 0 Å². The molecule has 0 bridgehead atoms. The lowest BCUT2D eigenvalue weighted by Gasteiger charge is -2.29. The van der Waals surface area contributed by atoms with Gasteiger partial charge in [-0.15, -0.1) is 0 Å². The number of allylic oxidation sites excluding steroid dienone is 1. The van der Waals surface area contributed by atoms with Crippen LogP contribution in [0.25, 0.3) is 0 Å². The number of hydrogen-bond acceptors (Lipinski definition) is 3. The van der Waals surface area contributed by atoms with Crippen molar-refractivity contribution >= 4 is 5.91 Å². The minimum absolute atomic E-state index is 0.0337. The summed E-state index contributed by atoms with van der Waals surface area (Å²) in [5.41, 5.74) is 0.359. The fourth-order valence-corrected chi connectivity index (χ4v) is 2.70. The van der Waals surface area contributed by atoms with Gasteiger partial charge < -0.3 is 15.2 Å². The van der Waals surface area contributed by atoms with E-state index >= 15 is 0 Å². The summed E-state index contributed by atoms with van der Waals surface area (Å²) in [6.07, 6.45) is 5.58. The number of aliphatic hydroxyl groups is 1. The molecule has 96 valence electrons. The number of hydrogen-bond donors (Lipinski definition) is 2. The predicted octanol–water partition coefficient (Wildman–Crippen LogP) is 1.49. The van der Waals surface area contributed by atoms with Gasteiger partial charge in [-0.1, -0.05) is 12.8 Å². The molecule has 2 rings (SSSR count). The summed E-state index contributed by atoms with van der Waals surface area (Å²) in [4.78, 5) is 12.2. The highest BCUT2D eigenvalue weighted by molar-refractivity contribution is 5.94. The maximum atomic E-state index is 12.2. The normalized spacial score (nSPS) is 23.4. The van der Waals surface area contributed by atoms with Gasteiger partial charge in [0.1, 0.15) is 5.76 Å². The summed E-state index contributed by atoms with van der Waals surface area (Å²) in [6.45, 7) is 2.58. The van der Waals surface area contributed by atoms with E-state index in [0.29, 0.717) is 6.61 Å². The van der Waals surface area contributed by atoms with Crippen molar-refractivity contribution in [3.8, 4) is 0 Å². The van der Waals surface area contributed by atoms with E-state index in [1.165, 1.54) is 0 Å². The van der Waals surface area contributed by atoms with Crippen molar-refractivity contribution in [1.29, 1.82) is 0 Å². The monoisotopic (exact) mass is 239 g/mol. The zero-order chi connectivity index (χ0) is 12.3. The molecule has 4 nitrogen and oxygen atoms in total. The highest BCUT2D eigenvalue weighted by atomic mass is 16.5. The Kier molecular flexibility index (Phi) is 3.72. The van der Waals surface area contributed by atoms with E-state index in [9.17, 15) is 9.90 Å². The summed E-state index contributed by atoms with van der Waals surface area (Å²) in [6, 6.07) is 0. The van der Waals surface area contributed by atoms with Gasteiger partial charge in [-0.05, 0) is 32.6 Å². The molecule has 1 amide bonds. The van der Waals surface area contributed by atoms with E-state index in [1.54, 1.807) is 0 Å². The van der Waals surface area contributed by atoms with Crippen molar-refractivity contribution in [2.45, 2.75) is 51.0 Å². The molecule has 4 heteroatoms. The summed E-state index contributed by atoms with van der Waals surface area (Å²) >= 11 is 0. The number of carbonyl (C=O) groups excluding carboxylic acids is 1. The smallest absolute Gasteiger partial charge is 0.251 e. The van der Waals surface area contributed by atoms with Crippen LogP contribution in [0, 0.1) is 0 Å². The van der Waals surface area contributed by atoms with Crippen LogP contribution in [-0.4, -0.2) is 29.8 Å². The SMILES string of the molecule is CC1=C(C(=O)NC2(CO)CCCC2)CCCO1. The third-order valence-electron chi connectivity index (χ3n) is 3.83. The molecule has 2 N–H and O–H groups in total. The minimum atomic E-state index is -0.387. The van der Waals surface area contributed by atoms with E-state index < -0.39 is 0 Å². The standard InChI is InChI=1S/C13H21NO3/c1-10-11(5-4-8-17-10)12(16)14-13(9-15)6-2-3-7-13/h15H,2-9H2,1H3,(H,14,16). The van der Waals surface area contributed by atoms with Gasteiger partial charge in [0, 0.05) is 0 Å². The zero-order valence-corrected chi connectivity index (χ0v) is 10.4. The molecule has 0 unspecified atom stereocenters. The number of rotatable bonds is 3. The van der Waals surface area contributed by atoms with Crippen LogP contribution in [0.1, 0.15) is 45.4 Å². The molecular formula is C13H21NO3. The average Bonchev–Trinajstić information content (AvgIpc) is 2.79. The lowest BCUT2D eigenvalue weighted by molar-refractivity contribution is -0.120. The molecular weight excluding hydrogens is 218 g/mol. The summed E-state index contributed by atoms with van der Waals surface area (Å²) in [7, 11) is 0. The molecule has 1 aliphatic carbocycles. The first-order valence-corrected chi connectivity index (χ1v) is 6.43.